The number of ether oxygens (including phenoxy) is 3. The van der Waals surface area contributed by atoms with Crippen molar-refractivity contribution < 1.29 is 40.6 Å². The molecule has 2 aromatic rings. The summed E-state index contributed by atoms with van der Waals surface area (Å²) in [5.41, 5.74) is 1.48. The predicted molar refractivity (Wildman–Crippen MR) is 151 cm³/mol. The second-order valence-corrected chi connectivity index (χ2v) is 12.6. The van der Waals surface area contributed by atoms with Crippen molar-refractivity contribution in [3.63, 3.8) is 0 Å². The molecule has 5 rings (SSSR count). The number of allylic oxidation sites excluding steroid dienone is 2. The highest BCUT2D eigenvalue weighted by atomic mass is 19.3. The average molecular weight is 611 g/mol. The Hall–Kier alpha value is -2.52. The van der Waals surface area contributed by atoms with E-state index in [1.54, 1.807) is 6.07 Å². The summed E-state index contributed by atoms with van der Waals surface area (Å²) in [7, 11) is 0. The largest absolute Gasteiger partial charge is 0.432 e. The fraction of sp³-hybridized carbons (Fsp3) is 0.588. The first kappa shape index (κ1) is 31.9. The molecule has 0 spiro atoms. The maximum absolute atomic E-state index is 15.0. The smallest absolute Gasteiger partial charge is 0.400 e. The Kier molecular flexibility index (Phi) is 10.4. The fourth-order valence-corrected chi connectivity index (χ4v) is 6.68. The van der Waals surface area contributed by atoms with Crippen LogP contribution in [0.3, 0.4) is 0 Å². The van der Waals surface area contributed by atoms with Crippen LogP contribution in [0, 0.1) is 46.9 Å². The maximum atomic E-state index is 15.0. The zero-order valence-electron chi connectivity index (χ0n) is 24.5. The molecule has 3 nitrogen and oxygen atoms in total. The minimum absolute atomic E-state index is 0.195. The standard InChI is InChI=1S/C34H40F6O3/c1-21-19-41-33(42-20-21)25-12-15-28(29(35)16-25)24-10-6-22(7-11-24)4-2-3-5-23-8-13-26(14-9-23)34(39,40)43-27-17-30(36)32(38)31(37)18-27/h2,4,12,15-18,21-24,26,33H,3,5-11,13-14,19-20H2,1H3/b4-2+. The van der Waals surface area contributed by atoms with E-state index >= 15 is 4.39 Å². The Morgan fingerprint density at radius 3 is 2.12 bits per heavy atom. The summed E-state index contributed by atoms with van der Waals surface area (Å²) in [5, 5.41) is 0. The molecule has 1 saturated heterocycles. The van der Waals surface area contributed by atoms with Gasteiger partial charge < -0.3 is 14.2 Å². The Balaban J connectivity index is 1.01. The van der Waals surface area contributed by atoms with Gasteiger partial charge in [-0.1, -0.05) is 31.2 Å². The third kappa shape index (κ3) is 8.15. The monoisotopic (exact) mass is 610 g/mol. The highest BCUT2D eigenvalue weighted by molar-refractivity contribution is 5.29. The molecule has 236 valence electrons. The van der Waals surface area contributed by atoms with Crippen LogP contribution in [0.2, 0.25) is 0 Å². The molecule has 0 unspecified atom stereocenters. The van der Waals surface area contributed by atoms with Crippen LogP contribution in [0.4, 0.5) is 26.3 Å². The zero-order chi connectivity index (χ0) is 30.6. The summed E-state index contributed by atoms with van der Waals surface area (Å²) in [6.45, 7) is 3.27. The number of alkyl halides is 2. The molecule has 1 heterocycles. The highest BCUT2D eigenvalue weighted by Gasteiger charge is 2.44. The molecule has 0 radical (unpaired) electrons. The molecule has 2 saturated carbocycles. The summed E-state index contributed by atoms with van der Waals surface area (Å²) < 4.78 is 100. The lowest BCUT2D eigenvalue weighted by molar-refractivity contribution is -0.223. The molecular formula is C34H40F6O3. The minimum atomic E-state index is -3.59. The van der Waals surface area contributed by atoms with Crippen LogP contribution in [-0.2, 0) is 9.47 Å². The van der Waals surface area contributed by atoms with E-state index < -0.39 is 41.5 Å². The predicted octanol–water partition coefficient (Wildman–Crippen LogP) is 10.0. The maximum Gasteiger partial charge on any atom is 0.400 e. The number of rotatable bonds is 9. The van der Waals surface area contributed by atoms with E-state index in [0.717, 1.165) is 49.7 Å². The van der Waals surface area contributed by atoms with Crippen molar-refractivity contribution in [2.24, 2.45) is 23.7 Å². The lowest BCUT2D eigenvalue weighted by Gasteiger charge is -2.33. The Bertz CT molecular complexity index is 1220. The molecule has 9 heteroatoms. The summed E-state index contributed by atoms with van der Waals surface area (Å²) in [4.78, 5) is 0. The molecule has 0 bridgehead atoms. The number of halogens is 6. The van der Waals surface area contributed by atoms with E-state index in [4.69, 9.17) is 9.47 Å². The van der Waals surface area contributed by atoms with Gasteiger partial charge in [0.1, 0.15) is 11.6 Å². The molecule has 0 atom stereocenters. The van der Waals surface area contributed by atoms with Gasteiger partial charge in [-0.15, -0.1) is 0 Å². The van der Waals surface area contributed by atoms with Crippen LogP contribution in [-0.4, -0.2) is 19.3 Å². The van der Waals surface area contributed by atoms with Gasteiger partial charge in [0.2, 0.25) is 0 Å². The van der Waals surface area contributed by atoms with Crippen molar-refractivity contribution in [3.8, 4) is 5.75 Å². The van der Waals surface area contributed by atoms with E-state index in [-0.39, 0.29) is 24.6 Å². The lowest BCUT2D eigenvalue weighted by Crippen LogP contribution is -2.37. The first-order valence-electron chi connectivity index (χ1n) is 15.5. The summed E-state index contributed by atoms with van der Waals surface area (Å²) in [6.07, 6.45) is 7.71. The SMILES string of the molecule is CC1COC(c2ccc(C3CCC(/C=C/CCC4CCC(C(F)(F)Oc5cc(F)c(F)c(F)c5)CC4)CC3)c(F)c2)OC1. The molecule has 43 heavy (non-hydrogen) atoms. The van der Waals surface area contributed by atoms with Crippen molar-refractivity contribution >= 4 is 0 Å². The van der Waals surface area contributed by atoms with E-state index in [2.05, 4.69) is 23.8 Å². The van der Waals surface area contributed by atoms with E-state index in [0.29, 0.717) is 55.9 Å². The molecule has 3 fully saturated rings. The second-order valence-electron chi connectivity index (χ2n) is 12.6. The van der Waals surface area contributed by atoms with Gasteiger partial charge in [0.25, 0.3) is 0 Å². The van der Waals surface area contributed by atoms with Gasteiger partial charge in [0, 0.05) is 23.6 Å². The molecule has 2 aliphatic carbocycles. The summed E-state index contributed by atoms with van der Waals surface area (Å²) >= 11 is 0. The molecule has 0 aromatic heterocycles. The summed E-state index contributed by atoms with van der Waals surface area (Å²) in [5.74, 6) is -5.51. The Morgan fingerprint density at radius 1 is 0.837 bits per heavy atom. The highest BCUT2D eigenvalue weighted by Crippen LogP contribution is 2.42. The quantitative estimate of drug-likeness (QED) is 0.161. The molecular weight excluding hydrogens is 570 g/mol. The Morgan fingerprint density at radius 2 is 1.49 bits per heavy atom. The van der Waals surface area contributed by atoms with Gasteiger partial charge in [-0.3, -0.25) is 0 Å². The summed E-state index contributed by atoms with van der Waals surface area (Å²) in [6, 6.07) is 6.24. The zero-order valence-corrected chi connectivity index (χ0v) is 24.5. The number of hydrogen-bond donors (Lipinski definition) is 0. The van der Waals surface area contributed by atoms with Crippen LogP contribution in [0.5, 0.6) is 5.75 Å². The van der Waals surface area contributed by atoms with Crippen molar-refractivity contribution in [1.29, 1.82) is 0 Å². The van der Waals surface area contributed by atoms with Gasteiger partial charge in [-0.05, 0) is 93.6 Å². The third-order valence-corrected chi connectivity index (χ3v) is 9.26. The van der Waals surface area contributed by atoms with Gasteiger partial charge >= 0.3 is 6.11 Å². The first-order valence-corrected chi connectivity index (χ1v) is 15.5. The fourth-order valence-electron chi connectivity index (χ4n) is 6.68. The molecule has 2 aromatic carbocycles. The third-order valence-electron chi connectivity index (χ3n) is 9.26. The molecule has 1 aliphatic heterocycles. The van der Waals surface area contributed by atoms with Crippen molar-refractivity contribution in [2.75, 3.05) is 13.2 Å². The van der Waals surface area contributed by atoms with Crippen molar-refractivity contribution in [3.05, 3.63) is 76.9 Å². The van der Waals surface area contributed by atoms with E-state index in [1.165, 1.54) is 0 Å². The molecule has 0 amide bonds. The number of hydrogen-bond acceptors (Lipinski definition) is 3. The second kappa shape index (κ2) is 14.1. The molecule has 0 N–H and O–H groups in total. The van der Waals surface area contributed by atoms with Crippen LogP contribution in [0.25, 0.3) is 0 Å². The average Bonchev–Trinajstić information content (AvgIpc) is 2.99. The van der Waals surface area contributed by atoms with Gasteiger partial charge in [0.05, 0.1) is 19.1 Å². The van der Waals surface area contributed by atoms with Gasteiger partial charge in [-0.2, -0.15) is 8.78 Å². The van der Waals surface area contributed by atoms with Crippen molar-refractivity contribution in [1.82, 2.24) is 0 Å². The van der Waals surface area contributed by atoms with E-state index in [9.17, 15) is 22.0 Å². The van der Waals surface area contributed by atoms with Crippen LogP contribution in [0.15, 0.2) is 42.5 Å². The lowest BCUT2D eigenvalue weighted by atomic mass is 9.77. The Labute approximate surface area is 249 Å². The molecule has 3 aliphatic rings. The van der Waals surface area contributed by atoms with E-state index in [1.807, 2.05) is 12.1 Å². The van der Waals surface area contributed by atoms with Crippen LogP contribution >= 0.6 is 0 Å². The first-order chi connectivity index (χ1) is 20.6. The van der Waals surface area contributed by atoms with Crippen molar-refractivity contribution in [2.45, 2.75) is 89.4 Å². The topological polar surface area (TPSA) is 27.7 Å². The van der Waals surface area contributed by atoms with Crippen LogP contribution < -0.4 is 4.74 Å². The van der Waals surface area contributed by atoms with Gasteiger partial charge in [-0.25, -0.2) is 17.6 Å². The van der Waals surface area contributed by atoms with Gasteiger partial charge in [0.15, 0.2) is 23.7 Å². The number of benzene rings is 2. The normalized spacial score (nSPS) is 28.7. The van der Waals surface area contributed by atoms with Crippen LogP contribution in [0.1, 0.15) is 94.5 Å². The minimum Gasteiger partial charge on any atom is -0.432 e.